The lowest BCUT2D eigenvalue weighted by Crippen LogP contribution is -2.47. The van der Waals surface area contributed by atoms with E-state index in [0.717, 1.165) is 99.3 Å². The fraction of sp³-hybridized carbons (Fsp3) is 0.535. The molecule has 13 heteroatoms. The first-order valence-corrected chi connectivity index (χ1v) is 20.5. The zero-order valence-corrected chi connectivity index (χ0v) is 32.1. The summed E-state index contributed by atoms with van der Waals surface area (Å²) in [4.78, 5) is 43.6. The number of rotatable bonds is 9. The van der Waals surface area contributed by atoms with Gasteiger partial charge >= 0.3 is 0 Å². The monoisotopic (exact) mass is 766 g/mol. The number of halogens is 2. The van der Waals surface area contributed by atoms with E-state index in [2.05, 4.69) is 55.7 Å². The Labute approximate surface area is 326 Å². The van der Waals surface area contributed by atoms with Crippen LogP contribution in [0.25, 0.3) is 10.9 Å². The summed E-state index contributed by atoms with van der Waals surface area (Å²) >= 11 is 0. The molecule has 2 amide bonds. The van der Waals surface area contributed by atoms with Gasteiger partial charge in [0.1, 0.15) is 6.04 Å². The second kappa shape index (κ2) is 15.5. The molecule has 9 rings (SSSR count). The molecule has 56 heavy (non-hydrogen) atoms. The Morgan fingerprint density at radius 2 is 1.71 bits per heavy atom. The molecule has 0 radical (unpaired) electrons. The third kappa shape index (κ3) is 7.53. The number of carbonyl (C=O) groups excluding carboxylic acids is 2. The minimum atomic E-state index is -2.44. The van der Waals surface area contributed by atoms with Crippen LogP contribution >= 0.6 is 0 Å². The smallest absolute Gasteiger partial charge is 0.251 e. The molecule has 0 bridgehead atoms. The van der Waals surface area contributed by atoms with Crippen LogP contribution in [0.1, 0.15) is 86.2 Å². The van der Waals surface area contributed by atoms with E-state index >= 15 is 0 Å². The van der Waals surface area contributed by atoms with Gasteiger partial charge in [0.05, 0.1) is 24.8 Å². The zero-order chi connectivity index (χ0) is 38.4. The highest BCUT2D eigenvalue weighted by Crippen LogP contribution is 2.42. The highest BCUT2D eigenvalue weighted by molar-refractivity contribution is 6.01. The molecule has 11 nitrogen and oxygen atoms in total. The van der Waals surface area contributed by atoms with Crippen LogP contribution in [-0.2, 0) is 20.7 Å². The lowest BCUT2D eigenvalue weighted by molar-refractivity contribution is -0.133. The number of imide groups is 1. The van der Waals surface area contributed by atoms with Gasteiger partial charge in [-0.05, 0) is 106 Å². The summed E-state index contributed by atoms with van der Waals surface area (Å²) in [6.07, 6.45) is 8.03. The van der Waals surface area contributed by atoms with Crippen molar-refractivity contribution in [2.45, 2.75) is 94.4 Å². The number of alkyl halides is 2. The minimum absolute atomic E-state index is 0.0527. The van der Waals surface area contributed by atoms with Gasteiger partial charge in [0.2, 0.25) is 17.8 Å². The second-order valence-electron chi connectivity index (χ2n) is 16.8. The van der Waals surface area contributed by atoms with E-state index in [4.69, 9.17) is 14.7 Å². The van der Waals surface area contributed by atoms with E-state index in [1.54, 1.807) is 0 Å². The number of aromatic nitrogens is 3. The minimum Gasteiger partial charge on any atom is -0.375 e. The van der Waals surface area contributed by atoms with Gasteiger partial charge in [-0.1, -0.05) is 30.3 Å². The lowest BCUT2D eigenvalue weighted by Gasteiger charge is -2.41. The van der Waals surface area contributed by atoms with Gasteiger partial charge in [-0.2, -0.15) is 0 Å². The first kappa shape index (κ1) is 37.1. The van der Waals surface area contributed by atoms with Gasteiger partial charge in [-0.25, -0.2) is 18.7 Å². The predicted octanol–water partition coefficient (Wildman–Crippen LogP) is 6.03. The molecule has 4 atom stereocenters. The standard InChI is InChI=1S/C43H52F2N8O3/c1-27-20-34-33-4-2-3-5-35(33)49-39(34)40(53(27)25-37(44)45)31-22-46-42(47-23-31)52-18-14-43(15-19-52)21-28(26-56-43)24-51-16-12-30(13-17-51)29-6-8-32(9-7-29)48-36-10-11-38(54)50-41(36)55/h2-9,22-23,27-28,30,36-37,40,48-49H,10-21,24-26H2,1H3,(H,50,54,55)/t27-,28+,36-,40-/m1/s1. The van der Waals surface area contributed by atoms with Gasteiger partial charge in [-0.3, -0.25) is 19.8 Å². The quantitative estimate of drug-likeness (QED) is 0.176. The third-order valence-corrected chi connectivity index (χ3v) is 13.1. The van der Waals surface area contributed by atoms with E-state index in [0.29, 0.717) is 37.0 Å². The number of benzene rings is 2. The molecular formula is C43H52F2N8O3. The van der Waals surface area contributed by atoms with Crippen molar-refractivity contribution < 1.29 is 23.1 Å². The molecular weight excluding hydrogens is 715 g/mol. The summed E-state index contributed by atoms with van der Waals surface area (Å²) in [7, 11) is 0. The highest BCUT2D eigenvalue weighted by Gasteiger charge is 2.44. The van der Waals surface area contributed by atoms with E-state index in [1.165, 1.54) is 11.1 Å². The summed E-state index contributed by atoms with van der Waals surface area (Å²) in [5, 5.41) is 6.84. The number of ether oxygens (including phenoxy) is 1. The molecule has 1 spiro atoms. The normalized spacial score (nSPS) is 26.2. The topological polar surface area (TPSA) is 119 Å². The first-order valence-electron chi connectivity index (χ1n) is 20.5. The number of anilines is 2. The van der Waals surface area contributed by atoms with Crippen molar-refractivity contribution >= 4 is 34.4 Å². The van der Waals surface area contributed by atoms with E-state index in [1.807, 2.05) is 42.4 Å². The molecule has 0 unspecified atom stereocenters. The Kier molecular flexibility index (Phi) is 10.3. The molecule has 7 heterocycles. The summed E-state index contributed by atoms with van der Waals surface area (Å²) in [5.74, 6) is 1.28. The van der Waals surface area contributed by atoms with Crippen LogP contribution in [0.4, 0.5) is 20.4 Å². The number of aromatic amines is 1. The Bertz CT molecular complexity index is 2020. The molecule has 4 fully saturated rings. The number of H-pyrrole nitrogens is 1. The molecule has 296 valence electrons. The lowest BCUT2D eigenvalue weighted by atomic mass is 9.84. The average molecular weight is 767 g/mol. The number of fused-ring (bicyclic) bond motifs is 3. The maximum Gasteiger partial charge on any atom is 0.251 e. The number of carbonyl (C=O) groups is 2. The van der Waals surface area contributed by atoms with Gasteiger partial charge in [0, 0.05) is 72.3 Å². The zero-order valence-electron chi connectivity index (χ0n) is 32.1. The van der Waals surface area contributed by atoms with Crippen LogP contribution in [0.15, 0.2) is 60.9 Å². The largest absolute Gasteiger partial charge is 0.375 e. The predicted molar refractivity (Wildman–Crippen MR) is 211 cm³/mol. The average Bonchev–Trinajstić information content (AvgIpc) is 3.77. The van der Waals surface area contributed by atoms with Gasteiger partial charge in [0.15, 0.2) is 0 Å². The van der Waals surface area contributed by atoms with E-state index < -0.39 is 6.43 Å². The summed E-state index contributed by atoms with van der Waals surface area (Å²) in [6.45, 7) is 7.40. The van der Waals surface area contributed by atoms with Crippen LogP contribution in [0.5, 0.6) is 0 Å². The van der Waals surface area contributed by atoms with E-state index in [-0.39, 0.29) is 42.1 Å². The Balaban J connectivity index is 0.765. The Morgan fingerprint density at radius 3 is 2.45 bits per heavy atom. The fourth-order valence-corrected chi connectivity index (χ4v) is 10.2. The van der Waals surface area contributed by atoms with Gasteiger partial charge < -0.3 is 24.8 Å². The van der Waals surface area contributed by atoms with Crippen LogP contribution in [0.2, 0.25) is 0 Å². The van der Waals surface area contributed by atoms with E-state index in [9.17, 15) is 18.4 Å². The number of hydrogen-bond donors (Lipinski definition) is 3. The maximum atomic E-state index is 13.9. The van der Waals surface area contributed by atoms with Gasteiger partial charge in [-0.15, -0.1) is 0 Å². The van der Waals surface area contributed by atoms with Crippen LogP contribution < -0.4 is 15.5 Å². The van der Waals surface area contributed by atoms with Crippen molar-refractivity contribution in [3.8, 4) is 0 Å². The molecule has 3 N–H and O–H groups in total. The van der Waals surface area contributed by atoms with Crippen LogP contribution in [0, 0.1) is 5.92 Å². The van der Waals surface area contributed by atoms with Crippen LogP contribution in [0.3, 0.4) is 0 Å². The number of para-hydroxylation sites is 1. The van der Waals surface area contributed by atoms with Crippen molar-refractivity contribution in [3.05, 3.63) is 83.3 Å². The number of nitrogens with one attached hydrogen (secondary N) is 3. The first-order chi connectivity index (χ1) is 27.2. The van der Waals surface area contributed by atoms with Gasteiger partial charge in [0.25, 0.3) is 6.43 Å². The molecule has 5 aliphatic heterocycles. The molecule has 2 aromatic heterocycles. The third-order valence-electron chi connectivity index (χ3n) is 13.1. The number of hydrogen-bond acceptors (Lipinski definition) is 9. The summed E-state index contributed by atoms with van der Waals surface area (Å²) in [5.41, 5.74) is 6.16. The Hall–Kier alpha value is -4.46. The summed E-state index contributed by atoms with van der Waals surface area (Å²) < 4.78 is 34.3. The molecule has 2 aromatic carbocycles. The number of piperidine rings is 3. The SMILES string of the molecule is C[C@@H]1Cc2c([nH]c3ccccc23)[C@@H](c2cnc(N3CCC4(CC3)C[C@@H](CN3CCC(c5ccc(N[C@@H]6CCC(=O)NC6=O)cc5)CC3)CO4)nc2)N1CC(F)F. The van der Waals surface area contributed by atoms with Crippen molar-refractivity contribution in [1.82, 2.24) is 30.1 Å². The van der Waals surface area contributed by atoms with Crippen molar-refractivity contribution in [2.24, 2.45) is 5.92 Å². The molecule has 0 saturated carbocycles. The van der Waals surface area contributed by atoms with Crippen molar-refractivity contribution in [2.75, 3.05) is 56.1 Å². The number of likely N-dealkylation sites (tertiary alicyclic amines) is 1. The fourth-order valence-electron chi connectivity index (χ4n) is 10.2. The molecule has 0 aliphatic carbocycles. The number of nitrogens with zero attached hydrogens (tertiary/aromatic N) is 5. The van der Waals surface area contributed by atoms with Crippen molar-refractivity contribution in [1.29, 1.82) is 0 Å². The number of amides is 2. The molecule has 4 aromatic rings. The van der Waals surface area contributed by atoms with Crippen molar-refractivity contribution in [3.63, 3.8) is 0 Å². The van der Waals surface area contributed by atoms with Crippen LogP contribution in [-0.4, -0.2) is 107 Å². The molecule has 4 saturated heterocycles. The molecule has 5 aliphatic rings. The second-order valence-corrected chi connectivity index (χ2v) is 16.8. The maximum absolute atomic E-state index is 13.9. The summed E-state index contributed by atoms with van der Waals surface area (Å²) in [6, 6.07) is 15.8. The highest BCUT2D eigenvalue weighted by atomic mass is 19.3. The Morgan fingerprint density at radius 1 is 0.964 bits per heavy atom.